The molecule has 6 nitrogen and oxygen atoms in total. The smallest absolute Gasteiger partial charge is 0.408 e. The maximum absolute atomic E-state index is 12.0. The highest BCUT2D eigenvalue weighted by molar-refractivity contribution is 7.89. The summed E-state index contributed by atoms with van der Waals surface area (Å²) in [6.07, 6.45) is 1.76. The standard InChI is InChI=1S/C11H12N2O4S/c1-13-9-6-8(4-5-10(9)17-11(13)14)18(15,16)12-7-2-3-7/h4-7,12H,2-3H2,1H3. The first-order chi connectivity index (χ1) is 8.47. The van der Waals surface area contributed by atoms with Crippen LogP contribution in [0.15, 0.2) is 32.3 Å². The minimum atomic E-state index is -3.50. The van der Waals surface area contributed by atoms with Gasteiger partial charge in [0.15, 0.2) is 5.58 Å². The van der Waals surface area contributed by atoms with Crippen molar-refractivity contribution in [2.45, 2.75) is 23.8 Å². The monoisotopic (exact) mass is 268 g/mol. The van der Waals surface area contributed by atoms with Crippen molar-refractivity contribution in [3.63, 3.8) is 0 Å². The number of rotatable bonds is 3. The van der Waals surface area contributed by atoms with E-state index in [2.05, 4.69) is 4.72 Å². The van der Waals surface area contributed by atoms with Gasteiger partial charge in [0.05, 0.1) is 10.4 Å². The van der Waals surface area contributed by atoms with E-state index in [0.29, 0.717) is 11.1 Å². The van der Waals surface area contributed by atoms with Gasteiger partial charge in [-0.25, -0.2) is 17.9 Å². The number of sulfonamides is 1. The molecule has 0 spiro atoms. The molecule has 1 N–H and O–H groups in total. The summed E-state index contributed by atoms with van der Waals surface area (Å²) in [7, 11) is -1.96. The molecule has 0 saturated heterocycles. The molecule has 1 aliphatic rings. The number of hydrogen-bond donors (Lipinski definition) is 1. The molecule has 0 atom stereocenters. The predicted molar refractivity (Wildman–Crippen MR) is 64.8 cm³/mol. The second-order valence-electron chi connectivity index (χ2n) is 4.45. The minimum Gasteiger partial charge on any atom is -0.408 e. The summed E-state index contributed by atoms with van der Waals surface area (Å²) < 4.78 is 32.9. The van der Waals surface area contributed by atoms with Crippen LogP contribution in [0.5, 0.6) is 0 Å². The van der Waals surface area contributed by atoms with Crippen LogP contribution in [-0.4, -0.2) is 19.0 Å². The molecule has 1 aromatic carbocycles. The third-order valence-corrected chi connectivity index (χ3v) is 4.49. The summed E-state index contributed by atoms with van der Waals surface area (Å²) in [5.74, 6) is -0.505. The molecule has 1 saturated carbocycles. The van der Waals surface area contributed by atoms with E-state index in [1.165, 1.54) is 22.8 Å². The van der Waals surface area contributed by atoms with Crippen LogP contribution in [0.3, 0.4) is 0 Å². The molecule has 7 heteroatoms. The number of fused-ring (bicyclic) bond motifs is 1. The van der Waals surface area contributed by atoms with Gasteiger partial charge in [0, 0.05) is 13.1 Å². The van der Waals surface area contributed by atoms with Crippen LogP contribution in [-0.2, 0) is 17.1 Å². The molecule has 1 aliphatic carbocycles. The van der Waals surface area contributed by atoms with Crippen LogP contribution in [0.25, 0.3) is 11.1 Å². The van der Waals surface area contributed by atoms with Gasteiger partial charge >= 0.3 is 5.76 Å². The number of nitrogens with zero attached hydrogens (tertiary/aromatic N) is 1. The van der Waals surface area contributed by atoms with Crippen LogP contribution in [0, 0.1) is 0 Å². The van der Waals surface area contributed by atoms with Gasteiger partial charge in [-0.3, -0.25) is 4.57 Å². The molecule has 0 amide bonds. The summed E-state index contributed by atoms with van der Waals surface area (Å²) in [5, 5.41) is 0. The average molecular weight is 268 g/mol. The zero-order valence-electron chi connectivity index (χ0n) is 9.71. The van der Waals surface area contributed by atoms with E-state index in [0.717, 1.165) is 12.8 Å². The van der Waals surface area contributed by atoms with E-state index in [1.807, 2.05) is 0 Å². The number of benzene rings is 1. The zero-order chi connectivity index (χ0) is 12.9. The second-order valence-corrected chi connectivity index (χ2v) is 6.17. The fourth-order valence-corrected chi connectivity index (χ4v) is 3.09. The Bertz CT molecular complexity index is 768. The Morgan fingerprint density at radius 3 is 2.78 bits per heavy atom. The molecule has 0 bridgehead atoms. The van der Waals surface area contributed by atoms with Crippen molar-refractivity contribution in [3.8, 4) is 0 Å². The quantitative estimate of drug-likeness (QED) is 0.882. The van der Waals surface area contributed by atoms with E-state index < -0.39 is 15.8 Å². The summed E-state index contributed by atoms with van der Waals surface area (Å²) in [5.41, 5.74) is 0.853. The molecule has 3 rings (SSSR count). The number of aromatic nitrogens is 1. The Hall–Kier alpha value is -1.60. The van der Waals surface area contributed by atoms with Gasteiger partial charge in [0.25, 0.3) is 0 Å². The fraction of sp³-hybridized carbons (Fsp3) is 0.364. The van der Waals surface area contributed by atoms with Crippen molar-refractivity contribution in [2.75, 3.05) is 0 Å². The van der Waals surface area contributed by atoms with Crippen LogP contribution in [0.1, 0.15) is 12.8 Å². The summed E-state index contributed by atoms with van der Waals surface area (Å²) in [6, 6.07) is 4.44. The lowest BCUT2D eigenvalue weighted by atomic mass is 10.3. The van der Waals surface area contributed by atoms with E-state index >= 15 is 0 Å². The lowest BCUT2D eigenvalue weighted by Gasteiger charge is -2.05. The van der Waals surface area contributed by atoms with Crippen molar-refractivity contribution in [3.05, 3.63) is 28.7 Å². The molecule has 0 unspecified atom stereocenters. The van der Waals surface area contributed by atoms with Crippen molar-refractivity contribution in [1.82, 2.24) is 9.29 Å². The molecule has 1 fully saturated rings. The number of oxazole rings is 1. The second kappa shape index (κ2) is 3.69. The maximum Gasteiger partial charge on any atom is 0.419 e. The lowest BCUT2D eigenvalue weighted by Crippen LogP contribution is -2.25. The summed E-state index contributed by atoms with van der Waals surface area (Å²) in [6.45, 7) is 0. The van der Waals surface area contributed by atoms with Crippen LogP contribution in [0.2, 0.25) is 0 Å². The molecular formula is C11H12N2O4S. The van der Waals surface area contributed by atoms with Crippen molar-refractivity contribution < 1.29 is 12.8 Å². The van der Waals surface area contributed by atoms with Crippen LogP contribution in [0.4, 0.5) is 0 Å². The van der Waals surface area contributed by atoms with E-state index in [-0.39, 0.29) is 10.9 Å². The molecule has 18 heavy (non-hydrogen) atoms. The topological polar surface area (TPSA) is 81.3 Å². The van der Waals surface area contributed by atoms with Crippen LogP contribution < -0.4 is 10.5 Å². The Morgan fingerprint density at radius 1 is 1.39 bits per heavy atom. The summed E-state index contributed by atoms with van der Waals surface area (Å²) in [4.78, 5) is 11.5. The SMILES string of the molecule is Cn1c(=O)oc2ccc(S(=O)(=O)NC3CC3)cc21. The van der Waals surface area contributed by atoms with E-state index in [1.54, 1.807) is 7.05 Å². The van der Waals surface area contributed by atoms with Crippen molar-refractivity contribution in [1.29, 1.82) is 0 Å². The molecule has 0 radical (unpaired) electrons. The van der Waals surface area contributed by atoms with Gasteiger partial charge < -0.3 is 4.42 Å². The third-order valence-electron chi connectivity index (χ3n) is 2.97. The highest BCUT2D eigenvalue weighted by Gasteiger charge is 2.28. The molecule has 96 valence electrons. The highest BCUT2D eigenvalue weighted by Crippen LogP contribution is 2.23. The summed E-state index contributed by atoms with van der Waals surface area (Å²) >= 11 is 0. The Morgan fingerprint density at radius 2 is 2.11 bits per heavy atom. The molecule has 1 aromatic heterocycles. The third kappa shape index (κ3) is 1.85. The predicted octanol–water partition coefficient (Wildman–Crippen LogP) is 0.572. The van der Waals surface area contributed by atoms with Gasteiger partial charge in [-0.2, -0.15) is 0 Å². The average Bonchev–Trinajstić information content (AvgIpc) is 3.06. The lowest BCUT2D eigenvalue weighted by molar-refractivity contribution is 0.528. The maximum atomic E-state index is 12.0. The van der Waals surface area contributed by atoms with Crippen molar-refractivity contribution >= 4 is 21.1 Å². The van der Waals surface area contributed by atoms with Crippen molar-refractivity contribution in [2.24, 2.45) is 7.05 Å². The largest absolute Gasteiger partial charge is 0.419 e. The zero-order valence-corrected chi connectivity index (χ0v) is 10.5. The molecule has 2 aromatic rings. The number of aryl methyl sites for hydroxylation is 1. The molecule has 1 heterocycles. The van der Waals surface area contributed by atoms with Gasteiger partial charge in [-0.15, -0.1) is 0 Å². The van der Waals surface area contributed by atoms with Gasteiger partial charge in [-0.1, -0.05) is 0 Å². The number of hydrogen-bond acceptors (Lipinski definition) is 4. The molecular weight excluding hydrogens is 256 g/mol. The van der Waals surface area contributed by atoms with Crippen LogP contribution >= 0.6 is 0 Å². The first kappa shape index (κ1) is 11.5. The van der Waals surface area contributed by atoms with E-state index in [4.69, 9.17) is 4.42 Å². The Kier molecular flexibility index (Phi) is 2.36. The fourth-order valence-electron chi connectivity index (χ4n) is 1.76. The first-order valence-electron chi connectivity index (χ1n) is 5.59. The molecule has 0 aliphatic heterocycles. The highest BCUT2D eigenvalue weighted by atomic mass is 32.2. The van der Waals surface area contributed by atoms with Gasteiger partial charge in [0.1, 0.15) is 0 Å². The normalized spacial score (nSPS) is 16.3. The number of nitrogens with one attached hydrogen (secondary N) is 1. The Balaban J connectivity index is 2.12. The first-order valence-corrected chi connectivity index (χ1v) is 7.07. The van der Waals surface area contributed by atoms with Gasteiger partial charge in [0.2, 0.25) is 10.0 Å². The minimum absolute atomic E-state index is 0.0545. The van der Waals surface area contributed by atoms with E-state index in [9.17, 15) is 13.2 Å². The van der Waals surface area contributed by atoms with Gasteiger partial charge in [-0.05, 0) is 31.0 Å². The Labute approximate surface area is 103 Å².